The molecule has 1 fully saturated rings. The normalized spacial score (nSPS) is 15.6. The maximum Gasteiger partial charge on any atom is 0.336 e. The van der Waals surface area contributed by atoms with Crippen LogP contribution in [0.2, 0.25) is 0 Å². The number of rotatable bonds is 7. The molecule has 0 aliphatic carbocycles. The molecular formula is C29H30N2O3. The molecule has 0 amide bonds. The Balaban J connectivity index is 1.22. The number of carboxylic acids is 1. The van der Waals surface area contributed by atoms with Gasteiger partial charge in [-0.1, -0.05) is 42.8 Å². The predicted octanol–water partition coefficient (Wildman–Crippen LogP) is 5.90. The molecule has 174 valence electrons. The van der Waals surface area contributed by atoms with Crippen molar-refractivity contribution in [1.82, 2.24) is 4.90 Å². The first-order valence-corrected chi connectivity index (χ1v) is 12.1. The number of aryl methyl sites for hydroxylation is 1. The number of ether oxygens (including phenoxy) is 1. The Labute approximate surface area is 200 Å². The lowest BCUT2D eigenvalue weighted by Gasteiger charge is -2.26. The molecule has 0 aromatic heterocycles. The first kappa shape index (κ1) is 22.4. The number of carboxylic acid groups (broad SMARTS) is 1. The van der Waals surface area contributed by atoms with Crippen molar-refractivity contribution in [1.29, 1.82) is 0 Å². The fourth-order valence-electron chi connectivity index (χ4n) is 4.87. The highest BCUT2D eigenvalue weighted by atomic mass is 16.5. The molecule has 2 aliphatic rings. The van der Waals surface area contributed by atoms with Crippen LogP contribution in [0.3, 0.4) is 0 Å². The average Bonchev–Trinajstić information content (AvgIpc) is 3.28. The molecule has 0 saturated carbocycles. The number of carbonyl (C=O) groups is 1. The van der Waals surface area contributed by atoms with Gasteiger partial charge in [-0.2, -0.15) is 0 Å². The van der Waals surface area contributed by atoms with E-state index >= 15 is 0 Å². The number of fused-ring (bicyclic) bond motifs is 1. The molecule has 0 radical (unpaired) electrons. The zero-order valence-electron chi connectivity index (χ0n) is 19.6. The number of aromatic carboxylic acids is 1. The monoisotopic (exact) mass is 454 g/mol. The Morgan fingerprint density at radius 2 is 1.59 bits per heavy atom. The average molecular weight is 455 g/mol. The third kappa shape index (κ3) is 4.90. The zero-order chi connectivity index (χ0) is 23.5. The van der Waals surface area contributed by atoms with Crippen LogP contribution in [-0.4, -0.2) is 47.9 Å². The molecule has 3 aromatic rings. The maximum atomic E-state index is 11.7. The van der Waals surface area contributed by atoms with E-state index in [0.29, 0.717) is 12.0 Å². The molecule has 0 spiro atoms. The second-order valence-corrected chi connectivity index (χ2v) is 9.20. The van der Waals surface area contributed by atoms with Crippen LogP contribution >= 0.6 is 0 Å². The molecule has 2 heterocycles. The summed E-state index contributed by atoms with van der Waals surface area (Å²) >= 11 is 0. The van der Waals surface area contributed by atoms with Gasteiger partial charge in [0.05, 0.1) is 17.0 Å². The Hall–Kier alpha value is -3.44. The standard InChI is InChI=1S/C29H30N2O3/c1-20-17-26(29(32)33)25-19-27(30-28(25)18-20)23-7-5-21(6-8-23)22-9-11-24(12-10-22)34-16-15-31-13-3-2-4-14-31/h5-12,17-18H,2-4,13-16,19H2,1H3,(H,32,33). The Kier molecular flexibility index (Phi) is 6.45. The van der Waals surface area contributed by atoms with Crippen molar-refractivity contribution < 1.29 is 14.6 Å². The number of benzene rings is 3. The van der Waals surface area contributed by atoms with Crippen molar-refractivity contribution in [3.05, 3.63) is 82.9 Å². The summed E-state index contributed by atoms with van der Waals surface area (Å²) < 4.78 is 5.95. The number of aliphatic imine (C=N–C) groups is 1. The van der Waals surface area contributed by atoms with Crippen LogP contribution in [0.1, 0.15) is 46.3 Å². The van der Waals surface area contributed by atoms with Gasteiger partial charge in [0.2, 0.25) is 0 Å². The number of nitrogens with zero attached hydrogens (tertiary/aromatic N) is 2. The van der Waals surface area contributed by atoms with Crippen molar-refractivity contribution in [2.45, 2.75) is 32.6 Å². The second kappa shape index (κ2) is 9.82. The summed E-state index contributed by atoms with van der Waals surface area (Å²) in [4.78, 5) is 18.9. The molecule has 0 atom stereocenters. The highest BCUT2D eigenvalue weighted by molar-refractivity contribution is 6.09. The van der Waals surface area contributed by atoms with Crippen LogP contribution in [0.5, 0.6) is 5.75 Å². The quantitative estimate of drug-likeness (QED) is 0.483. The van der Waals surface area contributed by atoms with E-state index in [-0.39, 0.29) is 0 Å². The van der Waals surface area contributed by atoms with E-state index in [1.165, 1.54) is 32.4 Å². The lowest BCUT2D eigenvalue weighted by Crippen LogP contribution is -2.33. The Bertz CT molecular complexity index is 1210. The van der Waals surface area contributed by atoms with Crippen LogP contribution < -0.4 is 4.74 Å². The lowest BCUT2D eigenvalue weighted by atomic mass is 9.97. The number of likely N-dealkylation sites (tertiary alicyclic amines) is 1. The first-order valence-electron chi connectivity index (χ1n) is 12.1. The molecule has 34 heavy (non-hydrogen) atoms. The third-order valence-corrected chi connectivity index (χ3v) is 6.73. The summed E-state index contributed by atoms with van der Waals surface area (Å²) in [5, 5.41) is 9.56. The SMILES string of the molecule is Cc1cc2c(c(C(=O)O)c1)CC(c1ccc(-c3ccc(OCCN4CCCCC4)cc3)cc1)=N2. The van der Waals surface area contributed by atoms with Crippen LogP contribution in [0.15, 0.2) is 65.7 Å². The van der Waals surface area contributed by atoms with E-state index in [1.54, 1.807) is 6.07 Å². The summed E-state index contributed by atoms with van der Waals surface area (Å²) in [5.74, 6) is 0.00523. The minimum Gasteiger partial charge on any atom is -0.492 e. The molecule has 5 heteroatoms. The molecule has 1 saturated heterocycles. The molecular weight excluding hydrogens is 424 g/mol. The number of hydrogen-bond acceptors (Lipinski definition) is 4. The highest BCUT2D eigenvalue weighted by Crippen LogP contribution is 2.33. The van der Waals surface area contributed by atoms with Gasteiger partial charge < -0.3 is 9.84 Å². The summed E-state index contributed by atoms with van der Waals surface area (Å²) in [5.41, 5.74) is 7.02. The van der Waals surface area contributed by atoms with Gasteiger partial charge in [0.1, 0.15) is 12.4 Å². The van der Waals surface area contributed by atoms with Gasteiger partial charge in [0, 0.05) is 13.0 Å². The molecule has 5 nitrogen and oxygen atoms in total. The van der Waals surface area contributed by atoms with E-state index in [4.69, 9.17) is 9.73 Å². The van der Waals surface area contributed by atoms with Crippen molar-refractivity contribution in [3.63, 3.8) is 0 Å². The zero-order valence-corrected chi connectivity index (χ0v) is 19.6. The molecule has 0 bridgehead atoms. The van der Waals surface area contributed by atoms with E-state index in [2.05, 4.69) is 41.3 Å². The number of piperidine rings is 1. The van der Waals surface area contributed by atoms with Crippen LogP contribution in [0.4, 0.5) is 5.69 Å². The minimum absolute atomic E-state index is 0.351. The summed E-state index contributed by atoms with van der Waals surface area (Å²) in [7, 11) is 0. The van der Waals surface area contributed by atoms with Gasteiger partial charge in [-0.3, -0.25) is 9.89 Å². The maximum absolute atomic E-state index is 11.7. The van der Waals surface area contributed by atoms with Gasteiger partial charge in [-0.05, 0) is 84.9 Å². The van der Waals surface area contributed by atoms with Crippen LogP contribution in [0, 0.1) is 6.92 Å². The number of hydrogen-bond donors (Lipinski definition) is 1. The highest BCUT2D eigenvalue weighted by Gasteiger charge is 2.23. The van der Waals surface area contributed by atoms with Gasteiger partial charge >= 0.3 is 5.97 Å². The van der Waals surface area contributed by atoms with E-state index in [9.17, 15) is 9.90 Å². The third-order valence-electron chi connectivity index (χ3n) is 6.73. The van der Waals surface area contributed by atoms with E-state index in [0.717, 1.165) is 58.1 Å². The lowest BCUT2D eigenvalue weighted by molar-refractivity contribution is 0.0696. The molecule has 2 aliphatic heterocycles. The molecule has 3 aromatic carbocycles. The van der Waals surface area contributed by atoms with E-state index < -0.39 is 5.97 Å². The minimum atomic E-state index is -0.898. The van der Waals surface area contributed by atoms with Crippen LogP contribution in [0.25, 0.3) is 11.1 Å². The van der Waals surface area contributed by atoms with Crippen LogP contribution in [-0.2, 0) is 6.42 Å². The first-order chi connectivity index (χ1) is 16.6. The fourth-order valence-corrected chi connectivity index (χ4v) is 4.87. The summed E-state index contributed by atoms with van der Waals surface area (Å²) in [6.07, 6.45) is 4.50. The van der Waals surface area contributed by atoms with Crippen molar-refractivity contribution in [3.8, 4) is 16.9 Å². The van der Waals surface area contributed by atoms with Gasteiger partial charge in [0.15, 0.2) is 0 Å². The van der Waals surface area contributed by atoms with Gasteiger partial charge in [-0.15, -0.1) is 0 Å². The fraction of sp³-hybridized carbons (Fsp3) is 0.310. The largest absolute Gasteiger partial charge is 0.492 e. The predicted molar refractivity (Wildman–Crippen MR) is 136 cm³/mol. The van der Waals surface area contributed by atoms with Crippen molar-refractivity contribution in [2.24, 2.45) is 4.99 Å². The Morgan fingerprint density at radius 1 is 0.941 bits per heavy atom. The summed E-state index contributed by atoms with van der Waals surface area (Å²) in [6.45, 7) is 6.00. The molecule has 5 rings (SSSR count). The Morgan fingerprint density at radius 3 is 2.26 bits per heavy atom. The van der Waals surface area contributed by atoms with E-state index in [1.807, 2.05) is 25.1 Å². The molecule has 1 N–H and O–H groups in total. The molecule has 0 unspecified atom stereocenters. The second-order valence-electron chi connectivity index (χ2n) is 9.20. The smallest absolute Gasteiger partial charge is 0.336 e. The van der Waals surface area contributed by atoms with Gasteiger partial charge in [-0.25, -0.2) is 4.79 Å². The van der Waals surface area contributed by atoms with Gasteiger partial charge in [0.25, 0.3) is 0 Å². The summed E-state index contributed by atoms with van der Waals surface area (Å²) in [6, 6.07) is 20.3. The van der Waals surface area contributed by atoms with Crippen molar-refractivity contribution >= 4 is 17.4 Å². The van der Waals surface area contributed by atoms with Crippen molar-refractivity contribution in [2.75, 3.05) is 26.2 Å². The topological polar surface area (TPSA) is 62.1 Å².